The Hall–Kier alpha value is -0.120. The van der Waals surface area contributed by atoms with Crippen molar-refractivity contribution in [2.45, 2.75) is 51.5 Å². The highest BCUT2D eigenvalue weighted by atomic mass is 15.1. The van der Waals surface area contributed by atoms with Crippen molar-refractivity contribution in [3.05, 3.63) is 0 Å². The minimum absolute atomic E-state index is 0.441. The van der Waals surface area contributed by atoms with Gasteiger partial charge in [0.15, 0.2) is 0 Å². The lowest BCUT2D eigenvalue weighted by molar-refractivity contribution is 0.157. The minimum Gasteiger partial charge on any atom is -0.327 e. The maximum absolute atomic E-state index is 6.38. The molecule has 1 aliphatic carbocycles. The molecule has 118 valence electrons. The van der Waals surface area contributed by atoms with Gasteiger partial charge in [-0.15, -0.1) is 0 Å². The predicted molar refractivity (Wildman–Crippen MR) is 86.8 cm³/mol. The molecule has 2 fully saturated rings. The van der Waals surface area contributed by atoms with Gasteiger partial charge >= 0.3 is 0 Å². The van der Waals surface area contributed by atoms with E-state index in [0.29, 0.717) is 6.04 Å². The van der Waals surface area contributed by atoms with E-state index in [1.165, 1.54) is 64.7 Å². The van der Waals surface area contributed by atoms with Gasteiger partial charge in [-0.05, 0) is 64.1 Å². The first-order valence-electron chi connectivity index (χ1n) is 8.71. The molecule has 0 spiro atoms. The fraction of sp³-hybridized carbons (Fsp3) is 1.00. The van der Waals surface area contributed by atoms with E-state index in [9.17, 15) is 0 Å². The molecule has 2 N–H and O–H groups in total. The maximum Gasteiger partial charge on any atom is 0.00795 e. The van der Waals surface area contributed by atoms with E-state index in [-0.39, 0.29) is 0 Å². The maximum atomic E-state index is 6.38. The number of nitrogens with zero attached hydrogens (tertiary/aromatic N) is 2. The molecule has 0 aromatic rings. The van der Waals surface area contributed by atoms with Crippen molar-refractivity contribution in [2.75, 3.05) is 40.3 Å². The van der Waals surface area contributed by atoms with Crippen LogP contribution in [0.4, 0.5) is 0 Å². The van der Waals surface area contributed by atoms with Crippen LogP contribution in [0.2, 0.25) is 0 Å². The Balaban J connectivity index is 1.75. The predicted octanol–water partition coefficient (Wildman–Crippen LogP) is 2.41. The van der Waals surface area contributed by atoms with Crippen molar-refractivity contribution in [3.8, 4) is 0 Å². The first-order chi connectivity index (χ1) is 9.58. The monoisotopic (exact) mass is 281 g/mol. The summed E-state index contributed by atoms with van der Waals surface area (Å²) < 4.78 is 0. The van der Waals surface area contributed by atoms with E-state index in [4.69, 9.17) is 5.73 Å². The third kappa shape index (κ3) is 4.71. The summed E-state index contributed by atoms with van der Waals surface area (Å²) in [5.74, 6) is 2.54. The molecule has 0 bridgehead atoms. The lowest BCUT2D eigenvalue weighted by Gasteiger charge is -2.37. The fourth-order valence-corrected chi connectivity index (χ4v) is 4.36. The Bertz CT molecular complexity index is 281. The molecule has 20 heavy (non-hydrogen) atoms. The van der Waals surface area contributed by atoms with Gasteiger partial charge in [0.25, 0.3) is 0 Å². The summed E-state index contributed by atoms with van der Waals surface area (Å²) in [4.78, 5) is 5.02. The molecular weight excluding hydrogens is 246 g/mol. The highest BCUT2D eigenvalue weighted by Gasteiger charge is 2.29. The molecular formula is C17H35N3. The smallest absolute Gasteiger partial charge is 0.00795 e. The number of hydrogen-bond acceptors (Lipinski definition) is 3. The van der Waals surface area contributed by atoms with Crippen molar-refractivity contribution in [2.24, 2.45) is 23.5 Å². The second-order valence-electron chi connectivity index (χ2n) is 7.53. The normalized spacial score (nSPS) is 35.9. The molecule has 1 heterocycles. The summed E-state index contributed by atoms with van der Waals surface area (Å²) in [6.07, 6.45) is 8.08. The molecule has 0 aromatic heterocycles. The van der Waals surface area contributed by atoms with Gasteiger partial charge in [-0.25, -0.2) is 0 Å². The van der Waals surface area contributed by atoms with Crippen molar-refractivity contribution >= 4 is 0 Å². The molecule has 0 radical (unpaired) electrons. The van der Waals surface area contributed by atoms with Crippen LogP contribution in [0.25, 0.3) is 0 Å². The van der Waals surface area contributed by atoms with E-state index in [1.807, 2.05) is 0 Å². The van der Waals surface area contributed by atoms with Gasteiger partial charge in [-0.1, -0.05) is 19.8 Å². The molecule has 3 nitrogen and oxygen atoms in total. The summed E-state index contributed by atoms with van der Waals surface area (Å²) in [7, 11) is 4.54. The summed E-state index contributed by atoms with van der Waals surface area (Å²) in [5, 5.41) is 0. The molecule has 4 unspecified atom stereocenters. The van der Waals surface area contributed by atoms with Gasteiger partial charge in [0.05, 0.1) is 0 Å². The van der Waals surface area contributed by atoms with Gasteiger partial charge in [0.1, 0.15) is 0 Å². The molecule has 1 aliphatic heterocycles. The Morgan fingerprint density at radius 3 is 2.60 bits per heavy atom. The van der Waals surface area contributed by atoms with Crippen LogP contribution in [0, 0.1) is 17.8 Å². The first-order valence-corrected chi connectivity index (χ1v) is 8.71. The Labute approximate surface area is 125 Å². The number of hydrogen-bond donors (Lipinski definition) is 1. The van der Waals surface area contributed by atoms with Crippen LogP contribution in [-0.4, -0.2) is 56.1 Å². The van der Waals surface area contributed by atoms with Gasteiger partial charge in [0, 0.05) is 25.7 Å². The van der Waals surface area contributed by atoms with Crippen molar-refractivity contribution < 1.29 is 0 Å². The first kappa shape index (κ1) is 16.3. The van der Waals surface area contributed by atoms with Crippen LogP contribution in [0.3, 0.4) is 0 Å². The van der Waals surface area contributed by atoms with E-state index >= 15 is 0 Å². The van der Waals surface area contributed by atoms with E-state index in [0.717, 1.165) is 17.8 Å². The quantitative estimate of drug-likeness (QED) is 0.811. The summed E-state index contributed by atoms with van der Waals surface area (Å²) in [6.45, 7) is 7.33. The van der Waals surface area contributed by atoms with E-state index in [2.05, 4.69) is 30.8 Å². The van der Waals surface area contributed by atoms with Crippen LogP contribution >= 0.6 is 0 Å². The SMILES string of the molecule is CCCC1CCC(N)C(CN(C)CC2CCN(C)C2)C1. The summed E-state index contributed by atoms with van der Waals surface area (Å²) >= 11 is 0. The second-order valence-corrected chi connectivity index (χ2v) is 7.53. The second kappa shape index (κ2) is 7.77. The summed E-state index contributed by atoms with van der Waals surface area (Å²) in [5.41, 5.74) is 6.38. The molecule has 0 aromatic carbocycles. The van der Waals surface area contributed by atoms with Crippen LogP contribution in [0.1, 0.15) is 45.4 Å². The zero-order valence-electron chi connectivity index (χ0n) is 13.9. The molecule has 2 rings (SSSR count). The standard InChI is InChI=1S/C17H35N3/c1-4-5-14-6-7-17(18)16(10-14)13-20(3)12-15-8-9-19(2)11-15/h14-17H,4-13,18H2,1-3H3. The van der Waals surface area contributed by atoms with Crippen molar-refractivity contribution in [1.29, 1.82) is 0 Å². The molecule has 1 saturated heterocycles. The third-order valence-corrected chi connectivity index (χ3v) is 5.45. The topological polar surface area (TPSA) is 32.5 Å². The van der Waals surface area contributed by atoms with E-state index < -0.39 is 0 Å². The fourth-order valence-electron chi connectivity index (χ4n) is 4.36. The van der Waals surface area contributed by atoms with Crippen LogP contribution in [0.5, 0.6) is 0 Å². The third-order valence-electron chi connectivity index (χ3n) is 5.45. The molecule has 3 heteroatoms. The van der Waals surface area contributed by atoms with Crippen LogP contribution < -0.4 is 5.73 Å². The van der Waals surface area contributed by atoms with Gasteiger partial charge in [-0.2, -0.15) is 0 Å². The van der Waals surface area contributed by atoms with Crippen LogP contribution in [-0.2, 0) is 0 Å². The largest absolute Gasteiger partial charge is 0.327 e. The number of rotatable bonds is 6. The Morgan fingerprint density at radius 1 is 1.15 bits per heavy atom. The zero-order chi connectivity index (χ0) is 14.5. The average Bonchev–Trinajstić information content (AvgIpc) is 2.79. The molecule has 4 atom stereocenters. The number of likely N-dealkylation sites (tertiary alicyclic amines) is 1. The molecule has 0 amide bonds. The zero-order valence-corrected chi connectivity index (χ0v) is 13.9. The molecule has 1 saturated carbocycles. The lowest BCUT2D eigenvalue weighted by Crippen LogP contribution is -2.43. The Morgan fingerprint density at radius 2 is 1.95 bits per heavy atom. The van der Waals surface area contributed by atoms with Crippen LogP contribution in [0.15, 0.2) is 0 Å². The summed E-state index contributed by atoms with van der Waals surface area (Å²) in [6, 6.07) is 0.441. The lowest BCUT2D eigenvalue weighted by atomic mass is 9.76. The highest BCUT2D eigenvalue weighted by molar-refractivity contribution is 4.85. The van der Waals surface area contributed by atoms with Gasteiger partial charge in [0.2, 0.25) is 0 Å². The van der Waals surface area contributed by atoms with Gasteiger partial charge < -0.3 is 15.5 Å². The highest BCUT2D eigenvalue weighted by Crippen LogP contribution is 2.32. The Kier molecular flexibility index (Phi) is 6.31. The molecule has 2 aliphatic rings. The van der Waals surface area contributed by atoms with Gasteiger partial charge in [-0.3, -0.25) is 0 Å². The minimum atomic E-state index is 0.441. The number of nitrogens with two attached hydrogens (primary N) is 1. The average molecular weight is 281 g/mol. The van der Waals surface area contributed by atoms with Crippen molar-refractivity contribution in [3.63, 3.8) is 0 Å². The van der Waals surface area contributed by atoms with E-state index in [1.54, 1.807) is 0 Å². The van der Waals surface area contributed by atoms with Crippen molar-refractivity contribution in [1.82, 2.24) is 9.80 Å².